The fraction of sp³-hybridized carbons (Fsp3) is 0.857. The smallest absolute Gasteiger partial charge is 0.342 e. The Morgan fingerprint density at radius 1 is 1.00 bits per heavy atom. The van der Waals surface area contributed by atoms with Crippen LogP contribution in [0, 0.1) is 11.8 Å². The molecule has 21 heavy (non-hydrogen) atoms. The van der Waals surface area contributed by atoms with Gasteiger partial charge in [0.25, 0.3) is 0 Å². The molecule has 2 aliphatic heterocycles. The molecule has 0 aromatic rings. The maximum Gasteiger partial charge on any atom is 0.471 e. The third-order valence-corrected chi connectivity index (χ3v) is 4.34. The molecule has 0 aromatic carbocycles. The Bertz CT molecular complexity index is 404. The number of hydrogen-bond acceptors (Lipinski definition) is 2. The maximum atomic E-state index is 12.4. The quantitative estimate of drug-likeness (QED) is 0.744. The van der Waals surface area contributed by atoms with Gasteiger partial charge in [0.05, 0.1) is 0 Å². The monoisotopic (exact) mass is 306 g/mol. The molecule has 2 rings (SSSR count). The van der Waals surface area contributed by atoms with E-state index < -0.39 is 12.1 Å². The van der Waals surface area contributed by atoms with E-state index in [1.807, 2.05) is 4.90 Å². The summed E-state index contributed by atoms with van der Waals surface area (Å²) in [5.74, 6) is -1.51. The second kappa shape index (κ2) is 6.23. The van der Waals surface area contributed by atoms with Gasteiger partial charge in [-0.15, -0.1) is 0 Å². The van der Waals surface area contributed by atoms with E-state index in [-0.39, 0.29) is 24.9 Å². The van der Waals surface area contributed by atoms with Crippen LogP contribution in [0.4, 0.5) is 13.2 Å². The number of carbonyl (C=O) groups excluding carboxylic acids is 2. The summed E-state index contributed by atoms with van der Waals surface area (Å²) in [6, 6.07) is 0. The standard InChI is InChI=1S/C14H21F3N2O2/c1-10-3-2-6-19(9-10)12(20)11-4-7-18(8-5-11)13(21)14(15,16)17/h10-11H,2-9H2,1H3. The Morgan fingerprint density at radius 2 is 1.62 bits per heavy atom. The van der Waals surface area contributed by atoms with E-state index in [0.29, 0.717) is 18.8 Å². The van der Waals surface area contributed by atoms with Crippen molar-refractivity contribution in [2.75, 3.05) is 26.2 Å². The molecule has 1 unspecified atom stereocenters. The van der Waals surface area contributed by atoms with Crippen LogP contribution in [-0.2, 0) is 9.59 Å². The number of alkyl halides is 3. The molecule has 0 spiro atoms. The highest BCUT2D eigenvalue weighted by molar-refractivity contribution is 5.83. The highest BCUT2D eigenvalue weighted by atomic mass is 19.4. The molecule has 7 heteroatoms. The van der Waals surface area contributed by atoms with E-state index in [2.05, 4.69) is 6.92 Å². The number of amides is 2. The molecule has 0 aromatic heterocycles. The fourth-order valence-corrected chi connectivity index (χ4v) is 3.16. The average Bonchev–Trinajstić information content (AvgIpc) is 2.45. The molecule has 2 fully saturated rings. The van der Waals surface area contributed by atoms with E-state index >= 15 is 0 Å². The van der Waals surface area contributed by atoms with E-state index in [4.69, 9.17) is 0 Å². The molecule has 0 N–H and O–H groups in total. The molecule has 120 valence electrons. The lowest BCUT2D eigenvalue weighted by atomic mass is 9.92. The number of hydrogen-bond donors (Lipinski definition) is 0. The zero-order valence-electron chi connectivity index (χ0n) is 12.2. The van der Waals surface area contributed by atoms with Crippen molar-refractivity contribution < 1.29 is 22.8 Å². The first kappa shape index (κ1) is 16.1. The zero-order valence-corrected chi connectivity index (χ0v) is 12.2. The Labute approximate surface area is 122 Å². The molecule has 4 nitrogen and oxygen atoms in total. The third kappa shape index (κ3) is 3.89. The van der Waals surface area contributed by atoms with Gasteiger partial charge in [0.1, 0.15) is 0 Å². The van der Waals surface area contributed by atoms with Crippen LogP contribution in [0.1, 0.15) is 32.6 Å². The van der Waals surface area contributed by atoms with Crippen molar-refractivity contribution in [1.82, 2.24) is 9.80 Å². The minimum absolute atomic E-state index is 0.0120. The van der Waals surface area contributed by atoms with E-state index in [1.54, 1.807) is 0 Å². The van der Waals surface area contributed by atoms with Crippen LogP contribution in [-0.4, -0.2) is 54.0 Å². The van der Waals surface area contributed by atoms with E-state index in [1.165, 1.54) is 0 Å². The minimum atomic E-state index is -4.82. The van der Waals surface area contributed by atoms with Gasteiger partial charge < -0.3 is 9.80 Å². The molecule has 0 bridgehead atoms. The molecular formula is C14H21F3N2O2. The minimum Gasteiger partial charge on any atom is -0.342 e. The Balaban J connectivity index is 1.86. The van der Waals surface area contributed by atoms with Gasteiger partial charge in [0.15, 0.2) is 0 Å². The summed E-state index contributed by atoms with van der Waals surface area (Å²) in [5.41, 5.74) is 0. The van der Waals surface area contributed by atoms with Crippen LogP contribution >= 0.6 is 0 Å². The van der Waals surface area contributed by atoms with Gasteiger partial charge in [-0.05, 0) is 31.6 Å². The first-order chi connectivity index (χ1) is 9.79. The second-order valence-electron chi connectivity index (χ2n) is 6.10. The van der Waals surface area contributed by atoms with Gasteiger partial charge >= 0.3 is 12.1 Å². The predicted molar refractivity (Wildman–Crippen MR) is 70.3 cm³/mol. The van der Waals surface area contributed by atoms with Crippen LogP contribution in [0.3, 0.4) is 0 Å². The number of rotatable bonds is 1. The number of halogens is 3. The average molecular weight is 306 g/mol. The lowest BCUT2D eigenvalue weighted by molar-refractivity contribution is -0.187. The van der Waals surface area contributed by atoms with Crippen LogP contribution in [0.5, 0.6) is 0 Å². The van der Waals surface area contributed by atoms with Crippen LogP contribution in [0.25, 0.3) is 0 Å². The Morgan fingerprint density at radius 3 is 2.14 bits per heavy atom. The molecule has 2 amide bonds. The highest BCUT2D eigenvalue weighted by Crippen LogP contribution is 2.26. The lowest BCUT2D eigenvalue weighted by Crippen LogP contribution is -2.49. The van der Waals surface area contributed by atoms with Gasteiger partial charge in [-0.3, -0.25) is 9.59 Å². The summed E-state index contributed by atoms with van der Waals surface area (Å²) in [5, 5.41) is 0. The molecule has 0 radical (unpaired) electrons. The van der Waals surface area contributed by atoms with Crippen molar-refractivity contribution >= 4 is 11.8 Å². The topological polar surface area (TPSA) is 40.6 Å². The van der Waals surface area contributed by atoms with Crippen molar-refractivity contribution in [2.45, 2.75) is 38.8 Å². The van der Waals surface area contributed by atoms with E-state index in [9.17, 15) is 22.8 Å². The Hall–Kier alpha value is -1.27. The van der Waals surface area contributed by atoms with E-state index in [0.717, 1.165) is 30.8 Å². The summed E-state index contributed by atoms with van der Waals surface area (Å²) in [7, 11) is 0. The largest absolute Gasteiger partial charge is 0.471 e. The summed E-state index contributed by atoms with van der Waals surface area (Å²) in [6.45, 7) is 3.60. The van der Waals surface area contributed by atoms with Gasteiger partial charge in [0.2, 0.25) is 5.91 Å². The fourth-order valence-electron chi connectivity index (χ4n) is 3.16. The van der Waals surface area contributed by atoms with Crippen molar-refractivity contribution in [3.63, 3.8) is 0 Å². The van der Waals surface area contributed by atoms with Gasteiger partial charge in [-0.2, -0.15) is 13.2 Å². The van der Waals surface area contributed by atoms with Crippen molar-refractivity contribution in [2.24, 2.45) is 11.8 Å². The van der Waals surface area contributed by atoms with Crippen molar-refractivity contribution in [3.8, 4) is 0 Å². The number of likely N-dealkylation sites (tertiary alicyclic amines) is 2. The molecule has 2 saturated heterocycles. The molecular weight excluding hydrogens is 285 g/mol. The van der Waals surface area contributed by atoms with Gasteiger partial charge in [0, 0.05) is 32.1 Å². The van der Waals surface area contributed by atoms with Crippen LogP contribution in [0.15, 0.2) is 0 Å². The van der Waals surface area contributed by atoms with Crippen LogP contribution < -0.4 is 0 Å². The maximum absolute atomic E-state index is 12.4. The predicted octanol–water partition coefficient (Wildman–Crippen LogP) is 2.05. The highest BCUT2D eigenvalue weighted by Gasteiger charge is 2.44. The number of piperidine rings is 2. The summed E-state index contributed by atoms with van der Waals surface area (Å²) in [4.78, 5) is 26.2. The van der Waals surface area contributed by atoms with Crippen molar-refractivity contribution in [3.05, 3.63) is 0 Å². The number of nitrogens with zero attached hydrogens (tertiary/aromatic N) is 2. The molecule has 2 heterocycles. The van der Waals surface area contributed by atoms with Crippen molar-refractivity contribution in [1.29, 1.82) is 0 Å². The first-order valence-electron chi connectivity index (χ1n) is 7.44. The van der Waals surface area contributed by atoms with Gasteiger partial charge in [-0.25, -0.2) is 0 Å². The lowest BCUT2D eigenvalue weighted by Gasteiger charge is -2.37. The summed E-state index contributed by atoms with van der Waals surface area (Å²) in [6.07, 6.45) is -2.07. The molecule has 0 aliphatic carbocycles. The van der Waals surface area contributed by atoms with Gasteiger partial charge in [-0.1, -0.05) is 6.92 Å². The Kier molecular flexibility index (Phi) is 4.78. The normalized spacial score (nSPS) is 25.0. The van der Waals surface area contributed by atoms with Crippen LogP contribution in [0.2, 0.25) is 0 Å². The SMILES string of the molecule is CC1CCCN(C(=O)C2CCN(C(=O)C(F)(F)F)CC2)C1. The zero-order chi connectivity index (χ0) is 15.6. The molecule has 2 aliphatic rings. The summed E-state index contributed by atoms with van der Waals surface area (Å²) < 4.78 is 37.1. The third-order valence-electron chi connectivity index (χ3n) is 4.34. The number of carbonyl (C=O) groups is 2. The summed E-state index contributed by atoms with van der Waals surface area (Å²) >= 11 is 0. The first-order valence-corrected chi connectivity index (χ1v) is 7.44. The molecule has 1 atom stereocenters. The second-order valence-corrected chi connectivity index (χ2v) is 6.10. The molecule has 0 saturated carbocycles.